The molecule has 0 aromatic heterocycles. The number of thiol groups is 1. The van der Waals surface area contributed by atoms with Crippen LogP contribution in [0.2, 0.25) is 0 Å². The third kappa shape index (κ3) is 1.32. The van der Waals surface area contributed by atoms with Crippen LogP contribution in [0.15, 0.2) is 0 Å². The van der Waals surface area contributed by atoms with Crippen LogP contribution in [-0.2, 0) is 0 Å². The molecular formula is C4H7F2NS. The fraction of sp³-hybridized carbons (Fsp3) is 1.00. The van der Waals surface area contributed by atoms with Crippen molar-refractivity contribution in [2.24, 2.45) is 0 Å². The Morgan fingerprint density at radius 3 is 2.25 bits per heavy atom. The molecule has 48 valence electrons. The van der Waals surface area contributed by atoms with Crippen molar-refractivity contribution in [1.29, 1.82) is 0 Å². The van der Waals surface area contributed by atoms with E-state index in [1.807, 2.05) is 0 Å². The van der Waals surface area contributed by atoms with Crippen molar-refractivity contribution in [2.75, 3.05) is 13.1 Å². The maximum Gasteiger partial charge on any atom is 0.262 e. The van der Waals surface area contributed by atoms with Gasteiger partial charge in [0.1, 0.15) is 0 Å². The van der Waals surface area contributed by atoms with Gasteiger partial charge in [0, 0.05) is 13.0 Å². The fourth-order valence-corrected chi connectivity index (χ4v) is 1.02. The summed E-state index contributed by atoms with van der Waals surface area (Å²) in [6, 6.07) is 0. The minimum atomic E-state index is -2.48. The number of hydrogen-bond acceptors (Lipinski definition) is 2. The van der Waals surface area contributed by atoms with E-state index in [2.05, 4.69) is 12.8 Å². The molecule has 1 saturated heterocycles. The zero-order valence-corrected chi connectivity index (χ0v) is 5.17. The second-order valence-electron chi connectivity index (χ2n) is 1.99. The van der Waals surface area contributed by atoms with Crippen molar-refractivity contribution in [3.63, 3.8) is 0 Å². The summed E-state index contributed by atoms with van der Waals surface area (Å²) in [6.45, 7) is 0.201. The highest BCUT2D eigenvalue weighted by Gasteiger charge is 2.36. The molecule has 0 aliphatic carbocycles. The summed E-state index contributed by atoms with van der Waals surface area (Å²) in [4.78, 5) is 0. The molecule has 0 spiro atoms. The monoisotopic (exact) mass is 139 g/mol. The Morgan fingerprint density at radius 2 is 2.12 bits per heavy atom. The lowest BCUT2D eigenvalue weighted by Gasteiger charge is -2.05. The zero-order valence-electron chi connectivity index (χ0n) is 4.27. The van der Waals surface area contributed by atoms with E-state index < -0.39 is 5.92 Å². The summed E-state index contributed by atoms with van der Waals surface area (Å²) < 4.78 is 25.5. The first-order valence-corrected chi connectivity index (χ1v) is 2.82. The summed E-state index contributed by atoms with van der Waals surface area (Å²) in [5, 5.41) is 0. The number of rotatable bonds is 0. The first-order valence-electron chi connectivity index (χ1n) is 2.42. The van der Waals surface area contributed by atoms with Crippen molar-refractivity contribution < 1.29 is 8.78 Å². The van der Waals surface area contributed by atoms with Crippen LogP contribution in [0.25, 0.3) is 0 Å². The van der Waals surface area contributed by atoms with Gasteiger partial charge in [0.25, 0.3) is 5.92 Å². The van der Waals surface area contributed by atoms with Crippen LogP contribution < -0.4 is 0 Å². The number of hydrogen-bond donors (Lipinski definition) is 1. The van der Waals surface area contributed by atoms with Crippen LogP contribution in [0, 0.1) is 0 Å². The Balaban J connectivity index is 2.44. The van der Waals surface area contributed by atoms with Gasteiger partial charge in [0.2, 0.25) is 0 Å². The predicted octanol–water partition coefficient (Wildman–Crippen LogP) is 1.17. The molecule has 0 radical (unpaired) electrons. The van der Waals surface area contributed by atoms with Crippen LogP contribution in [0.5, 0.6) is 0 Å². The lowest BCUT2D eigenvalue weighted by molar-refractivity contribution is 0.0192. The van der Waals surface area contributed by atoms with E-state index in [0.29, 0.717) is 6.54 Å². The topological polar surface area (TPSA) is 3.24 Å². The highest BCUT2D eigenvalue weighted by Crippen LogP contribution is 2.27. The van der Waals surface area contributed by atoms with E-state index in [9.17, 15) is 8.78 Å². The largest absolute Gasteiger partial charge is 0.262 e. The third-order valence-electron chi connectivity index (χ3n) is 1.15. The molecule has 8 heavy (non-hydrogen) atoms. The second-order valence-corrected chi connectivity index (χ2v) is 2.56. The van der Waals surface area contributed by atoms with Gasteiger partial charge in [0.15, 0.2) is 0 Å². The Labute approximate surface area is 52.2 Å². The van der Waals surface area contributed by atoms with E-state index in [-0.39, 0.29) is 13.0 Å². The Kier molecular flexibility index (Phi) is 1.45. The average Bonchev–Trinajstić information content (AvgIpc) is 1.82. The molecule has 1 aliphatic rings. The van der Waals surface area contributed by atoms with Crippen LogP contribution >= 0.6 is 12.8 Å². The van der Waals surface area contributed by atoms with Crippen molar-refractivity contribution in [1.82, 2.24) is 4.31 Å². The second kappa shape index (κ2) is 1.84. The van der Waals surface area contributed by atoms with E-state index in [1.165, 1.54) is 4.31 Å². The summed E-state index contributed by atoms with van der Waals surface area (Å²) in [7, 11) is 0. The molecule has 0 saturated carbocycles. The highest BCUT2D eigenvalue weighted by atomic mass is 32.1. The van der Waals surface area contributed by atoms with Crippen LogP contribution in [0.3, 0.4) is 0 Å². The summed E-state index contributed by atoms with van der Waals surface area (Å²) >= 11 is 3.76. The van der Waals surface area contributed by atoms with Crippen molar-refractivity contribution in [2.45, 2.75) is 12.3 Å². The van der Waals surface area contributed by atoms with Gasteiger partial charge in [-0.2, -0.15) is 0 Å². The minimum absolute atomic E-state index is 0.0451. The lowest BCUT2D eigenvalue weighted by atomic mass is 10.3. The molecule has 4 heteroatoms. The Morgan fingerprint density at radius 1 is 1.50 bits per heavy atom. The normalized spacial score (nSPS) is 28.9. The van der Waals surface area contributed by atoms with Gasteiger partial charge >= 0.3 is 0 Å². The van der Waals surface area contributed by atoms with Gasteiger partial charge in [0.05, 0.1) is 6.54 Å². The van der Waals surface area contributed by atoms with Crippen LogP contribution in [-0.4, -0.2) is 23.3 Å². The molecule has 0 atom stereocenters. The first kappa shape index (κ1) is 6.29. The van der Waals surface area contributed by atoms with E-state index in [0.717, 1.165) is 0 Å². The van der Waals surface area contributed by atoms with Crippen molar-refractivity contribution in [3.05, 3.63) is 0 Å². The fourth-order valence-electron chi connectivity index (χ4n) is 0.718. The Hall–Kier alpha value is 0.170. The SMILES string of the molecule is FC1(F)CCN(S)C1. The summed E-state index contributed by atoms with van der Waals surface area (Å²) in [5.41, 5.74) is 0. The first-order chi connectivity index (χ1) is 3.60. The molecule has 0 N–H and O–H groups in total. The quantitative estimate of drug-likeness (QED) is 0.493. The zero-order chi connectivity index (χ0) is 6.20. The molecule has 1 heterocycles. The molecule has 0 aromatic rings. The van der Waals surface area contributed by atoms with Gasteiger partial charge < -0.3 is 0 Å². The molecule has 1 nitrogen and oxygen atoms in total. The molecular weight excluding hydrogens is 132 g/mol. The van der Waals surface area contributed by atoms with E-state index >= 15 is 0 Å². The van der Waals surface area contributed by atoms with Gasteiger partial charge in [-0.15, -0.1) is 0 Å². The van der Waals surface area contributed by atoms with E-state index in [4.69, 9.17) is 0 Å². The van der Waals surface area contributed by atoms with Crippen LogP contribution in [0.4, 0.5) is 8.78 Å². The lowest BCUT2D eigenvalue weighted by Crippen LogP contribution is -2.18. The predicted molar refractivity (Wildman–Crippen MR) is 30.1 cm³/mol. The summed E-state index contributed by atoms with van der Waals surface area (Å²) in [5.74, 6) is -2.48. The molecule has 0 aromatic carbocycles. The Bertz CT molecular complexity index is 96.0. The number of alkyl halides is 2. The average molecular weight is 139 g/mol. The maximum absolute atomic E-state index is 12.1. The van der Waals surface area contributed by atoms with E-state index in [1.54, 1.807) is 0 Å². The molecule has 1 rings (SSSR count). The maximum atomic E-state index is 12.1. The molecule has 1 fully saturated rings. The number of nitrogens with zero attached hydrogens (tertiary/aromatic N) is 1. The van der Waals surface area contributed by atoms with Crippen molar-refractivity contribution >= 4 is 12.8 Å². The van der Waals surface area contributed by atoms with Gasteiger partial charge in [-0.25, -0.2) is 13.1 Å². The van der Waals surface area contributed by atoms with Crippen LogP contribution in [0.1, 0.15) is 6.42 Å². The highest BCUT2D eigenvalue weighted by molar-refractivity contribution is 7.77. The van der Waals surface area contributed by atoms with Gasteiger partial charge in [-0.3, -0.25) is 0 Å². The minimum Gasteiger partial charge on any atom is -0.247 e. The summed E-state index contributed by atoms with van der Waals surface area (Å²) in [6.07, 6.45) is -0.0451. The number of halogens is 2. The smallest absolute Gasteiger partial charge is 0.247 e. The van der Waals surface area contributed by atoms with Gasteiger partial charge in [-0.1, -0.05) is 12.8 Å². The molecule has 0 amide bonds. The molecule has 0 bridgehead atoms. The van der Waals surface area contributed by atoms with Crippen molar-refractivity contribution in [3.8, 4) is 0 Å². The standard InChI is InChI=1S/C4H7F2NS/c5-4(6)1-2-7(8)3-4/h8H,1-3H2. The molecule has 0 unspecified atom stereocenters. The van der Waals surface area contributed by atoms with Gasteiger partial charge in [-0.05, 0) is 0 Å². The third-order valence-corrected chi connectivity index (χ3v) is 1.49. The molecule has 1 aliphatic heterocycles.